The summed E-state index contributed by atoms with van der Waals surface area (Å²) in [6.45, 7) is 2.92. The van der Waals surface area contributed by atoms with Crippen molar-refractivity contribution in [2.75, 3.05) is 13.2 Å². The van der Waals surface area contributed by atoms with Crippen LogP contribution in [0, 0.1) is 17.7 Å². The van der Waals surface area contributed by atoms with E-state index in [1.807, 2.05) is 6.92 Å². The molecular formula is C23H29F4NO2. The SMILES string of the molecule is CC1CCCN1C(=O)c1cc(C2CC2)c(OCC2CCC(C(F)(F)F)CC2)cc1F. The molecule has 7 heteroatoms. The van der Waals surface area contributed by atoms with E-state index >= 15 is 0 Å². The van der Waals surface area contributed by atoms with Gasteiger partial charge in [0.1, 0.15) is 11.6 Å². The van der Waals surface area contributed by atoms with Crippen LogP contribution in [0.1, 0.15) is 80.1 Å². The summed E-state index contributed by atoms with van der Waals surface area (Å²) in [5.41, 5.74) is 0.958. The molecular weight excluding hydrogens is 398 g/mol. The average Bonchev–Trinajstić information content (AvgIpc) is 3.46. The van der Waals surface area contributed by atoms with E-state index in [0.29, 0.717) is 31.7 Å². The van der Waals surface area contributed by atoms with Crippen LogP contribution in [0.15, 0.2) is 12.1 Å². The van der Waals surface area contributed by atoms with Crippen molar-refractivity contribution in [3.63, 3.8) is 0 Å². The molecule has 30 heavy (non-hydrogen) atoms. The molecule has 3 aliphatic rings. The van der Waals surface area contributed by atoms with Crippen molar-refractivity contribution in [1.82, 2.24) is 4.90 Å². The molecule has 1 aliphatic heterocycles. The summed E-state index contributed by atoms with van der Waals surface area (Å²) >= 11 is 0. The van der Waals surface area contributed by atoms with Crippen molar-refractivity contribution in [3.05, 3.63) is 29.1 Å². The standard InChI is InChI=1S/C23H29F4NO2/c1-14-3-2-10-28(14)22(29)19-11-18(16-6-7-16)21(12-20(19)24)30-13-15-4-8-17(9-5-15)23(25,26)27/h11-12,14-17H,2-10,13H2,1H3. The molecule has 0 radical (unpaired) electrons. The lowest BCUT2D eigenvalue weighted by atomic mass is 9.82. The Labute approximate surface area is 174 Å². The van der Waals surface area contributed by atoms with Gasteiger partial charge in [-0.05, 0) is 81.8 Å². The maximum atomic E-state index is 14.8. The number of amides is 1. The van der Waals surface area contributed by atoms with Crippen LogP contribution in [0.4, 0.5) is 17.6 Å². The van der Waals surface area contributed by atoms with Crippen molar-refractivity contribution in [2.24, 2.45) is 11.8 Å². The van der Waals surface area contributed by atoms with Gasteiger partial charge < -0.3 is 9.64 Å². The number of alkyl halides is 3. The molecule has 0 bridgehead atoms. The Morgan fingerprint density at radius 1 is 1.10 bits per heavy atom. The quantitative estimate of drug-likeness (QED) is 0.534. The highest BCUT2D eigenvalue weighted by Gasteiger charge is 2.41. The summed E-state index contributed by atoms with van der Waals surface area (Å²) in [4.78, 5) is 14.6. The van der Waals surface area contributed by atoms with Crippen LogP contribution in [0.2, 0.25) is 0 Å². The molecule has 1 saturated heterocycles. The monoisotopic (exact) mass is 427 g/mol. The van der Waals surface area contributed by atoms with E-state index in [9.17, 15) is 22.4 Å². The van der Waals surface area contributed by atoms with Gasteiger partial charge in [0.2, 0.25) is 0 Å². The number of benzene rings is 1. The molecule has 1 aromatic rings. The van der Waals surface area contributed by atoms with E-state index in [4.69, 9.17) is 4.74 Å². The molecule has 1 heterocycles. The van der Waals surface area contributed by atoms with Gasteiger partial charge in [-0.3, -0.25) is 4.79 Å². The molecule has 1 aromatic carbocycles. The van der Waals surface area contributed by atoms with Gasteiger partial charge in [-0.25, -0.2) is 4.39 Å². The Hall–Kier alpha value is -1.79. The number of rotatable bonds is 5. The highest BCUT2D eigenvalue weighted by molar-refractivity contribution is 5.95. The van der Waals surface area contributed by atoms with Crippen LogP contribution in [-0.4, -0.2) is 36.2 Å². The van der Waals surface area contributed by atoms with Gasteiger partial charge in [0, 0.05) is 18.7 Å². The van der Waals surface area contributed by atoms with E-state index in [-0.39, 0.29) is 42.2 Å². The summed E-state index contributed by atoms with van der Waals surface area (Å²) < 4.78 is 59.3. The molecule has 0 aromatic heterocycles. The summed E-state index contributed by atoms with van der Waals surface area (Å²) in [6.07, 6.45) is 0.889. The largest absolute Gasteiger partial charge is 0.493 e. The third kappa shape index (κ3) is 4.59. The van der Waals surface area contributed by atoms with Gasteiger partial charge in [-0.2, -0.15) is 13.2 Å². The minimum Gasteiger partial charge on any atom is -0.493 e. The van der Waals surface area contributed by atoms with Crippen LogP contribution >= 0.6 is 0 Å². The molecule has 0 spiro atoms. The zero-order chi connectivity index (χ0) is 21.5. The second-order valence-electron chi connectivity index (χ2n) is 9.20. The first-order chi connectivity index (χ1) is 14.2. The zero-order valence-corrected chi connectivity index (χ0v) is 17.3. The fraction of sp³-hybridized carbons (Fsp3) is 0.696. The smallest absolute Gasteiger partial charge is 0.391 e. The minimum absolute atomic E-state index is 0.0467. The number of carbonyl (C=O) groups excluding carboxylic acids is 1. The van der Waals surface area contributed by atoms with Crippen molar-refractivity contribution < 1.29 is 27.1 Å². The maximum absolute atomic E-state index is 14.8. The number of nitrogens with zero attached hydrogens (tertiary/aromatic N) is 1. The molecule has 1 amide bonds. The summed E-state index contributed by atoms with van der Waals surface area (Å²) in [5, 5.41) is 0. The predicted octanol–water partition coefficient (Wildman–Crippen LogP) is 6.08. The van der Waals surface area contributed by atoms with E-state index in [2.05, 4.69) is 0 Å². The molecule has 166 valence electrons. The number of halogens is 4. The Bertz CT molecular complexity index is 782. The highest BCUT2D eigenvalue weighted by atomic mass is 19.4. The molecule has 1 atom stereocenters. The summed E-state index contributed by atoms with van der Waals surface area (Å²) in [7, 11) is 0. The van der Waals surface area contributed by atoms with Gasteiger partial charge >= 0.3 is 6.18 Å². The molecule has 3 nitrogen and oxygen atoms in total. The van der Waals surface area contributed by atoms with Gasteiger partial charge in [0.05, 0.1) is 18.1 Å². The van der Waals surface area contributed by atoms with Crippen molar-refractivity contribution in [3.8, 4) is 5.75 Å². The first-order valence-electron chi connectivity index (χ1n) is 11.1. The fourth-order valence-corrected chi connectivity index (χ4v) is 4.83. The average molecular weight is 427 g/mol. The molecule has 1 unspecified atom stereocenters. The van der Waals surface area contributed by atoms with Crippen LogP contribution in [-0.2, 0) is 0 Å². The normalized spacial score (nSPS) is 27.4. The van der Waals surface area contributed by atoms with Gasteiger partial charge in [-0.1, -0.05) is 0 Å². The second-order valence-corrected chi connectivity index (χ2v) is 9.20. The third-order valence-corrected chi connectivity index (χ3v) is 6.95. The van der Waals surface area contributed by atoms with Crippen LogP contribution in [0.5, 0.6) is 5.75 Å². The Balaban J connectivity index is 1.44. The molecule has 0 N–H and O–H groups in total. The second kappa shape index (κ2) is 8.39. The van der Waals surface area contributed by atoms with E-state index < -0.39 is 17.9 Å². The molecule has 2 aliphatic carbocycles. The first-order valence-corrected chi connectivity index (χ1v) is 11.1. The molecule has 4 rings (SSSR count). The lowest BCUT2D eigenvalue weighted by molar-refractivity contribution is -0.184. The Kier molecular flexibility index (Phi) is 5.99. The van der Waals surface area contributed by atoms with Crippen LogP contribution in [0.3, 0.4) is 0 Å². The van der Waals surface area contributed by atoms with Crippen molar-refractivity contribution in [2.45, 2.75) is 76.4 Å². The molecule has 2 saturated carbocycles. The minimum atomic E-state index is -4.12. The maximum Gasteiger partial charge on any atom is 0.391 e. The lowest BCUT2D eigenvalue weighted by Crippen LogP contribution is -2.34. The molecule has 3 fully saturated rings. The zero-order valence-electron chi connectivity index (χ0n) is 17.3. The van der Waals surface area contributed by atoms with Gasteiger partial charge in [-0.15, -0.1) is 0 Å². The number of hydrogen-bond acceptors (Lipinski definition) is 2. The number of likely N-dealkylation sites (tertiary alicyclic amines) is 1. The van der Waals surface area contributed by atoms with E-state index in [1.165, 1.54) is 6.07 Å². The third-order valence-electron chi connectivity index (χ3n) is 6.95. The number of hydrogen-bond donors (Lipinski definition) is 0. The predicted molar refractivity (Wildman–Crippen MR) is 105 cm³/mol. The van der Waals surface area contributed by atoms with E-state index in [0.717, 1.165) is 31.2 Å². The first kappa shape index (κ1) is 21.4. The van der Waals surface area contributed by atoms with E-state index in [1.54, 1.807) is 11.0 Å². The fourth-order valence-electron chi connectivity index (χ4n) is 4.83. The summed E-state index contributed by atoms with van der Waals surface area (Å²) in [6, 6.07) is 3.07. The Morgan fingerprint density at radius 2 is 1.80 bits per heavy atom. The Morgan fingerprint density at radius 3 is 2.37 bits per heavy atom. The van der Waals surface area contributed by atoms with Crippen LogP contribution < -0.4 is 4.74 Å². The number of ether oxygens (including phenoxy) is 1. The van der Waals surface area contributed by atoms with Crippen LogP contribution in [0.25, 0.3) is 0 Å². The van der Waals surface area contributed by atoms with Gasteiger partial charge in [0.25, 0.3) is 5.91 Å². The highest BCUT2D eigenvalue weighted by Crippen LogP contribution is 2.46. The van der Waals surface area contributed by atoms with Gasteiger partial charge in [0.15, 0.2) is 0 Å². The van der Waals surface area contributed by atoms with Crippen molar-refractivity contribution >= 4 is 5.91 Å². The summed E-state index contributed by atoms with van der Waals surface area (Å²) in [5.74, 6) is -1.31. The van der Waals surface area contributed by atoms with Crippen molar-refractivity contribution in [1.29, 1.82) is 0 Å². The topological polar surface area (TPSA) is 29.5 Å². The lowest BCUT2D eigenvalue weighted by Gasteiger charge is -2.30. The number of carbonyl (C=O) groups is 1.